The van der Waals surface area contributed by atoms with Crippen LogP contribution in [-0.2, 0) is 4.79 Å². The monoisotopic (exact) mass is 358 g/mol. The summed E-state index contributed by atoms with van der Waals surface area (Å²) in [6.45, 7) is 3.65. The van der Waals surface area contributed by atoms with E-state index in [0.717, 1.165) is 0 Å². The highest BCUT2D eigenvalue weighted by molar-refractivity contribution is 9.10. The Kier molecular flexibility index (Phi) is 5.83. The van der Waals surface area contributed by atoms with Gasteiger partial charge in [0, 0.05) is 10.5 Å². The molecule has 1 atom stereocenters. The molecule has 2 N–H and O–H groups in total. The van der Waals surface area contributed by atoms with Crippen molar-refractivity contribution in [2.24, 2.45) is 5.92 Å². The van der Waals surface area contributed by atoms with E-state index >= 15 is 0 Å². The molecular weight excluding hydrogens is 344 g/mol. The molecule has 0 fully saturated rings. The molecular formula is C13H15BrN2O5. The van der Waals surface area contributed by atoms with Gasteiger partial charge in [-0.15, -0.1) is 0 Å². The van der Waals surface area contributed by atoms with E-state index in [-0.39, 0.29) is 23.6 Å². The fourth-order valence-corrected chi connectivity index (χ4v) is 2.13. The first-order valence-electron chi connectivity index (χ1n) is 6.20. The highest BCUT2D eigenvalue weighted by Crippen LogP contribution is 2.23. The number of carbonyl (C=O) groups is 2. The molecule has 0 heterocycles. The number of carboxylic acids is 1. The molecule has 0 aliphatic carbocycles. The molecule has 0 saturated carbocycles. The molecule has 0 radical (unpaired) electrons. The van der Waals surface area contributed by atoms with Gasteiger partial charge < -0.3 is 10.4 Å². The Morgan fingerprint density at radius 1 is 1.43 bits per heavy atom. The van der Waals surface area contributed by atoms with Gasteiger partial charge in [0.1, 0.15) is 11.6 Å². The van der Waals surface area contributed by atoms with Crippen LogP contribution < -0.4 is 5.32 Å². The van der Waals surface area contributed by atoms with Gasteiger partial charge in [-0.1, -0.05) is 29.8 Å². The Hall–Kier alpha value is -1.96. The Labute approximate surface area is 129 Å². The highest BCUT2D eigenvalue weighted by Gasteiger charge is 2.26. The molecule has 21 heavy (non-hydrogen) atoms. The number of nitro groups is 1. The van der Waals surface area contributed by atoms with Gasteiger partial charge in [-0.25, -0.2) is 4.79 Å². The van der Waals surface area contributed by atoms with Crippen molar-refractivity contribution < 1.29 is 19.6 Å². The molecule has 1 rings (SSSR count). The summed E-state index contributed by atoms with van der Waals surface area (Å²) in [6, 6.07) is 2.89. The summed E-state index contributed by atoms with van der Waals surface area (Å²) in [7, 11) is 0. The third-order valence-corrected chi connectivity index (χ3v) is 3.20. The van der Waals surface area contributed by atoms with E-state index in [2.05, 4.69) is 21.2 Å². The molecule has 114 valence electrons. The summed E-state index contributed by atoms with van der Waals surface area (Å²) < 4.78 is 0.461. The lowest BCUT2D eigenvalue weighted by Crippen LogP contribution is -2.41. The zero-order valence-corrected chi connectivity index (χ0v) is 13.1. The van der Waals surface area contributed by atoms with Crippen molar-refractivity contribution >= 4 is 33.5 Å². The largest absolute Gasteiger partial charge is 0.480 e. The number of nitrogens with zero attached hydrogens (tertiary/aromatic N) is 1. The van der Waals surface area contributed by atoms with E-state index in [1.54, 1.807) is 0 Å². The number of nitrogens with one attached hydrogen (secondary N) is 1. The van der Waals surface area contributed by atoms with Crippen molar-refractivity contribution in [3.05, 3.63) is 38.3 Å². The number of aliphatic carboxylic acids is 1. The number of hydrogen-bond donors (Lipinski definition) is 2. The van der Waals surface area contributed by atoms with Crippen LogP contribution in [-0.4, -0.2) is 27.9 Å². The Morgan fingerprint density at radius 3 is 2.52 bits per heavy atom. The molecule has 8 heteroatoms. The number of amides is 1. The van der Waals surface area contributed by atoms with Crippen LogP contribution in [0.4, 0.5) is 5.69 Å². The fourth-order valence-electron chi connectivity index (χ4n) is 1.78. The number of carboxylic acid groups (broad SMARTS) is 1. The summed E-state index contributed by atoms with van der Waals surface area (Å²) in [4.78, 5) is 33.5. The van der Waals surface area contributed by atoms with Gasteiger partial charge in [0.25, 0.3) is 11.6 Å². The van der Waals surface area contributed by atoms with Crippen LogP contribution in [0, 0.1) is 16.0 Å². The van der Waals surface area contributed by atoms with Gasteiger partial charge in [0.05, 0.1) is 4.92 Å². The average molecular weight is 359 g/mol. The van der Waals surface area contributed by atoms with Crippen LogP contribution in [0.25, 0.3) is 0 Å². The first-order valence-corrected chi connectivity index (χ1v) is 6.99. The third kappa shape index (κ3) is 4.82. The molecule has 1 amide bonds. The Bertz CT molecular complexity index is 574. The van der Waals surface area contributed by atoms with E-state index < -0.39 is 22.8 Å². The lowest BCUT2D eigenvalue weighted by atomic mass is 10.0. The fraction of sp³-hybridized carbons (Fsp3) is 0.385. The van der Waals surface area contributed by atoms with Gasteiger partial charge >= 0.3 is 5.97 Å². The number of nitro benzene ring substituents is 1. The molecule has 1 aromatic rings. The summed E-state index contributed by atoms with van der Waals surface area (Å²) in [5, 5.41) is 22.4. The van der Waals surface area contributed by atoms with Gasteiger partial charge in [0.2, 0.25) is 0 Å². The summed E-state index contributed by atoms with van der Waals surface area (Å²) >= 11 is 3.09. The van der Waals surface area contributed by atoms with Crippen LogP contribution in [0.5, 0.6) is 0 Å². The number of benzene rings is 1. The van der Waals surface area contributed by atoms with Crippen molar-refractivity contribution in [3.63, 3.8) is 0 Å². The molecule has 0 unspecified atom stereocenters. The first-order chi connectivity index (χ1) is 9.72. The van der Waals surface area contributed by atoms with Gasteiger partial charge in [0.15, 0.2) is 0 Å². The van der Waals surface area contributed by atoms with Crippen LogP contribution in [0.3, 0.4) is 0 Å². The SMILES string of the molecule is CC(C)C[C@@H](NC(=O)c1ccc(Br)cc1[N+](=O)[O-])C(=O)O. The number of hydrogen-bond acceptors (Lipinski definition) is 4. The molecule has 0 aromatic heterocycles. The minimum Gasteiger partial charge on any atom is -0.480 e. The molecule has 7 nitrogen and oxygen atoms in total. The van der Waals surface area contributed by atoms with Crippen molar-refractivity contribution in [1.29, 1.82) is 0 Å². The second kappa shape index (κ2) is 7.16. The van der Waals surface area contributed by atoms with Crippen LogP contribution in [0.1, 0.15) is 30.6 Å². The molecule has 1 aromatic carbocycles. The molecule has 0 bridgehead atoms. The minimum absolute atomic E-state index is 0.0614. The van der Waals surface area contributed by atoms with Crippen LogP contribution in [0.15, 0.2) is 22.7 Å². The smallest absolute Gasteiger partial charge is 0.326 e. The molecule has 0 spiro atoms. The summed E-state index contributed by atoms with van der Waals surface area (Å²) in [5.74, 6) is -1.88. The predicted molar refractivity (Wildman–Crippen MR) is 79.1 cm³/mol. The van der Waals surface area contributed by atoms with Crippen LogP contribution in [0.2, 0.25) is 0 Å². The van der Waals surface area contributed by atoms with E-state index in [1.807, 2.05) is 13.8 Å². The maximum atomic E-state index is 12.1. The van der Waals surface area contributed by atoms with E-state index in [4.69, 9.17) is 5.11 Å². The minimum atomic E-state index is -1.17. The van der Waals surface area contributed by atoms with Crippen molar-refractivity contribution in [2.45, 2.75) is 26.3 Å². The first kappa shape index (κ1) is 17.1. The summed E-state index contributed by atoms with van der Waals surface area (Å²) in [5.41, 5.74) is -0.547. The predicted octanol–water partition coefficient (Wildman–Crippen LogP) is 2.59. The molecule has 0 aliphatic heterocycles. The number of rotatable bonds is 6. The lowest BCUT2D eigenvalue weighted by Gasteiger charge is -2.16. The van der Waals surface area contributed by atoms with Crippen LogP contribution >= 0.6 is 15.9 Å². The second-order valence-corrected chi connectivity index (χ2v) is 5.83. The van der Waals surface area contributed by atoms with E-state index in [1.165, 1.54) is 18.2 Å². The summed E-state index contributed by atoms with van der Waals surface area (Å²) in [6.07, 6.45) is 0.241. The second-order valence-electron chi connectivity index (χ2n) is 4.91. The van der Waals surface area contributed by atoms with E-state index in [0.29, 0.717) is 4.47 Å². The molecule has 0 aliphatic rings. The van der Waals surface area contributed by atoms with Gasteiger partial charge in [-0.3, -0.25) is 14.9 Å². The molecule has 0 saturated heterocycles. The van der Waals surface area contributed by atoms with Crippen molar-refractivity contribution in [1.82, 2.24) is 5.32 Å². The third-order valence-electron chi connectivity index (χ3n) is 2.71. The maximum Gasteiger partial charge on any atom is 0.326 e. The number of halogens is 1. The highest BCUT2D eigenvalue weighted by atomic mass is 79.9. The average Bonchev–Trinajstić information content (AvgIpc) is 2.36. The number of carbonyl (C=O) groups excluding carboxylic acids is 1. The van der Waals surface area contributed by atoms with Gasteiger partial charge in [-0.2, -0.15) is 0 Å². The standard InChI is InChI=1S/C13H15BrN2O5/c1-7(2)5-10(13(18)19)15-12(17)9-4-3-8(14)6-11(9)16(20)21/h3-4,6-7,10H,5H2,1-2H3,(H,15,17)(H,18,19)/t10-/m1/s1. The van der Waals surface area contributed by atoms with Gasteiger partial charge in [-0.05, 0) is 24.5 Å². The maximum absolute atomic E-state index is 12.1. The van der Waals surface area contributed by atoms with Crippen molar-refractivity contribution in [2.75, 3.05) is 0 Å². The zero-order chi connectivity index (χ0) is 16.2. The Balaban J connectivity index is 3.03. The lowest BCUT2D eigenvalue weighted by molar-refractivity contribution is -0.385. The topological polar surface area (TPSA) is 110 Å². The zero-order valence-electron chi connectivity index (χ0n) is 11.5. The quantitative estimate of drug-likeness (QED) is 0.599. The Morgan fingerprint density at radius 2 is 2.05 bits per heavy atom. The van der Waals surface area contributed by atoms with Crippen molar-refractivity contribution in [3.8, 4) is 0 Å². The van der Waals surface area contributed by atoms with E-state index in [9.17, 15) is 19.7 Å². The normalized spacial score (nSPS) is 12.0.